The number of carbonyl (C=O) groups is 1. The summed E-state index contributed by atoms with van der Waals surface area (Å²) in [6, 6.07) is 24.6. The van der Waals surface area contributed by atoms with Crippen LogP contribution < -0.4 is 0 Å². The molecule has 4 rings (SSSR count). The van der Waals surface area contributed by atoms with Crippen LogP contribution in [0.3, 0.4) is 0 Å². The van der Waals surface area contributed by atoms with E-state index in [9.17, 15) is 4.79 Å². The Morgan fingerprint density at radius 2 is 1.44 bits per heavy atom. The summed E-state index contributed by atoms with van der Waals surface area (Å²) in [6.45, 7) is 4.18. The summed E-state index contributed by atoms with van der Waals surface area (Å²) in [7, 11) is 0. The van der Waals surface area contributed by atoms with Gasteiger partial charge in [-0.25, -0.2) is 0 Å². The fourth-order valence-corrected chi connectivity index (χ4v) is 3.81. The maximum Gasteiger partial charge on any atom is 0.175 e. The highest BCUT2D eigenvalue weighted by molar-refractivity contribution is 6.32. The van der Waals surface area contributed by atoms with E-state index in [4.69, 9.17) is 0 Å². The van der Waals surface area contributed by atoms with E-state index in [1.807, 2.05) is 48.5 Å². The molecule has 0 radical (unpaired) electrons. The Morgan fingerprint density at radius 1 is 0.800 bits per heavy atom. The highest BCUT2D eigenvalue weighted by atomic mass is 16.1. The van der Waals surface area contributed by atoms with Gasteiger partial charge in [-0.05, 0) is 42.2 Å². The molecule has 1 nitrogen and oxygen atoms in total. The van der Waals surface area contributed by atoms with Crippen LogP contribution in [0, 0.1) is 13.8 Å². The standard InChI is InChI=1S/C24H20O/c1-16-12-17(2)14-18(13-16)15-22-20-10-6-7-11-21(20)23(24(22)25)19-8-4-3-5-9-19/h3-15,23H,1-2H3/b22-15-. The second-order valence-electron chi connectivity index (χ2n) is 6.77. The Kier molecular flexibility index (Phi) is 3.85. The minimum absolute atomic E-state index is 0.187. The number of carbonyl (C=O) groups excluding carboxylic acids is 1. The quantitative estimate of drug-likeness (QED) is 0.564. The number of allylic oxidation sites excluding steroid dienone is 1. The molecule has 122 valence electrons. The van der Waals surface area contributed by atoms with Gasteiger partial charge in [0.15, 0.2) is 5.78 Å². The SMILES string of the molecule is Cc1cc(C)cc(/C=C2\C(=O)C(c3ccccc3)c3ccccc32)c1. The maximum atomic E-state index is 13.3. The monoisotopic (exact) mass is 324 g/mol. The first-order valence-corrected chi connectivity index (χ1v) is 8.62. The molecule has 3 aromatic carbocycles. The number of benzene rings is 3. The van der Waals surface area contributed by atoms with Gasteiger partial charge >= 0.3 is 0 Å². The van der Waals surface area contributed by atoms with Crippen LogP contribution in [0.4, 0.5) is 0 Å². The van der Waals surface area contributed by atoms with Gasteiger partial charge in [0.25, 0.3) is 0 Å². The van der Waals surface area contributed by atoms with Crippen LogP contribution >= 0.6 is 0 Å². The molecular weight excluding hydrogens is 304 g/mol. The zero-order chi connectivity index (χ0) is 17.4. The summed E-state index contributed by atoms with van der Waals surface area (Å²) in [5.41, 5.74) is 7.55. The van der Waals surface area contributed by atoms with Crippen molar-refractivity contribution >= 4 is 17.4 Å². The third-order valence-corrected chi connectivity index (χ3v) is 4.78. The minimum Gasteiger partial charge on any atom is -0.293 e. The van der Waals surface area contributed by atoms with Crippen LogP contribution in [-0.2, 0) is 4.79 Å². The lowest BCUT2D eigenvalue weighted by molar-refractivity contribution is -0.113. The number of hydrogen-bond donors (Lipinski definition) is 0. The maximum absolute atomic E-state index is 13.3. The second-order valence-corrected chi connectivity index (χ2v) is 6.77. The number of aryl methyl sites for hydroxylation is 2. The molecule has 0 fully saturated rings. The fraction of sp³-hybridized carbons (Fsp3) is 0.125. The fourth-order valence-electron chi connectivity index (χ4n) is 3.81. The summed E-state index contributed by atoms with van der Waals surface area (Å²) >= 11 is 0. The molecule has 1 heteroatoms. The predicted molar refractivity (Wildman–Crippen MR) is 104 cm³/mol. The molecule has 0 aliphatic heterocycles. The number of fused-ring (bicyclic) bond motifs is 1. The van der Waals surface area contributed by atoms with E-state index in [0.29, 0.717) is 0 Å². The van der Waals surface area contributed by atoms with E-state index in [0.717, 1.165) is 27.8 Å². The van der Waals surface area contributed by atoms with E-state index in [-0.39, 0.29) is 11.7 Å². The Balaban J connectivity index is 1.87. The van der Waals surface area contributed by atoms with E-state index >= 15 is 0 Å². The predicted octanol–water partition coefficient (Wildman–Crippen LogP) is 5.56. The van der Waals surface area contributed by atoms with E-state index in [1.165, 1.54) is 11.1 Å². The lowest BCUT2D eigenvalue weighted by atomic mass is 9.92. The molecule has 0 bridgehead atoms. The van der Waals surface area contributed by atoms with Gasteiger partial charge in [-0.15, -0.1) is 0 Å². The van der Waals surface area contributed by atoms with Crippen LogP contribution in [0.15, 0.2) is 72.8 Å². The van der Waals surface area contributed by atoms with Gasteiger partial charge in [0, 0.05) is 5.57 Å². The summed E-state index contributed by atoms with van der Waals surface area (Å²) in [4.78, 5) is 13.3. The molecule has 0 heterocycles. The summed E-state index contributed by atoms with van der Waals surface area (Å²) in [6.07, 6.45) is 2.05. The molecule has 1 atom stereocenters. The van der Waals surface area contributed by atoms with Crippen LogP contribution in [0.2, 0.25) is 0 Å². The molecule has 1 aliphatic rings. The first-order chi connectivity index (χ1) is 12.1. The minimum atomic E-state index is -0.199. The molecule has 0 saturated heterocycles. The second kappa shape index (κ2) is 6.18. The van der Waals surface area contributed by atoms with Crippen LogP contribution in [0.1, 0.15) is 39.3 Å². The Bertz CT molecular complexity index is 960. The summed E-state index contributed by atoms with van der Waals surface area (Å²) in [5, 5.41) is 0. The van der Waals surface area contributed by atoms with Gasteiger partial charge < -0.3 is 0 Å². The van der Waals surface area contributed by atoms with Gasteiger partial charge in [0.1, 0.15) is 0 Å². The zero-order valence-corrected chi connectivity index (χ0v) is 14.5. The molecule has 0 aromatic heterocycles. The number of hydrogen-bond acceptors (Lipinski definition) is 1. The molecule has 0 spiro atoms. The Hall–Kier alpha value is -2.93. The Labute approximate surface area is 148 Å². The first-order valence-electron chi connectivity index (χ1n) is 8.62. The third kappa shape index (κ3) is 2.83. The molecule has 0 amide bonds. The van der Waals surface area contributed by atoms with Crippen LogP contribution in [-0.4, -0.2) is 5.78 Å². The van der Waals surface area contributed by atoms with Gasteiger partial charge in [0.05, 0.1) is 5.92 Å². The first kappa shape index (κ1) is 15.6. The lowest BCUT2D eigenvalue weighted by Crippen LogP contribution is -2.07. The average molecular weight is 324 g/mol. The van der Waals surface area contributed by atoms with Crippen molar-refractivity contribution in [1.29, 1.82) is 0 Å². The van der Waals surface area contributed by atoms with Crippen molar-refractivity contribution in [2.75, 3.05) is 0 Å². The molecular formula is C24H20O. The summed E-state index contributed by atoms with van der Waals surface area (Å²) < 4.78 is 0. The van der Waals surface area contributed by atoms with E-state index in [1.54, 1.807) is 0 Å². The van der Waals surface area contributed by atoms with Gasteiger partial charge in [0.2, 0.25) is 0 Å². The van der Waals surface area contributed by atoms with Crippen molar-refractivity contribution in [3.63, 3.8) is 0 Å². The third-order valence-electron chi connectivity index (χ3n) is 4.78. The van der Waals surface area contributed by atoms with Crippen molar-refractivity contribution in [3.8, 4) is 0 Å². The molecule has 0 N–H and O–H groups in total. The van der Waals surface area contributed by atoms with Crippen molar-refractivity contribution in [2.24, 2.45) is 0 Å². The summed E-state index contributed by atoms with van der Waals surface area (Å²) in [5.74, 6) is -0.0129. The highest BCUT2D eigenvalue weighted by Gasteiger charge is 2.35. The van der Waals surface area contributed by atoms with E-state index in [2.05, 4.69) is 44.2 Å². The average Bonchev–Trinajstić information content (AvgIpc) is 2.87. The number of rotatable bonds is 2. The molecule has 25 heavy (non-hydrogen) atoms. The molecule has 0 saturated carbocycles. The normalized spacial score (nSPS) is 17.8. The van der Waals surface area contributed by atoms with Gasteiger partial charge in [-0.1, -0.05) is 83.9 Å². The van der Waals surface area contributed by atoms with Gasteiger partial charge in [-0.2, -0.15) is 0 Å². The largest absolute Gasteiger partial charge is 0.293 e. The topological polar surface area (TPSA) is 17.1 Å². The lowest BCUT2D eigenvalue weighted by Gasteiger charge is -2.09. The number of Topliss-reactive ketones (excluding diaryl/α,β-unsaturated/α-hetero) is 1. The molecule has 1 aliphatic carbocycles. The zero-order valence-electron chi connectivity index (χ0n) is 14.5. The van der Waals surface area contributed by atoms with E-state index < -0.39 is 0 Å². The van der Waals surface area contributed by atoms with Crippen molar-refractivity contribution in [1.82, 2.24) is 0 Å². The molecule has 3 aromatic rings. The number of ketones is 1. The van der Waals surface area contributed by atoms with Crippen molar-refractivity contribution in [3.05, 3.63) is 106 Å². The smallest absolute Gasteiger partial charge is 0.175 e. The Morgan fingerprint density at radius 3 is 2.16 bits per heavy atom. The molecule has 1 unspecified atom stereocenters. The van der Waals surface area contributed by atoms with Crippen LogP contribution in [0.5, 0.6) is 0 Å². The van der Waals surface area contributed by atoms with Crippen molar-refractivity contribution < 1.29 is 4.79 Å². The van der Waals surface area contributed by atoms with Crippen LogP contribution in [0.25, 0.3) is 11.6 Å². The highest BCUT2D eigenvalue weighted by Crippen LogP contribution is 2.42. The van der Waals surface area contributed by atoms with Crippen molar-refractivity contribution in [2.45, 2.75) is 19.8 Å². The van der Waals surface area contributed by atoms with Gasteiger partial charge in [-0.3, -0.25) is 4.79 Å².